The number of rotatable bonds is 5. The number of ether oxygens (including phenoxy) is 1. The van der Waals surface area contributed by atoms with E-state index in [0.29, 0.717) is 23.2 Å². The topological polar surface area (TPSA) is 38.3 Å². The van der Waals surface area contributed by atoms with Gasteiger partial charge in [0.2, 0.25) is 0 Å². The van der Waals surface area contributed by atoms with Crippen molar-refractivity contribution >= 4 is 17.5 Å². The Morgan fingerprint density at radius 1 is 1.47 bits per heavy atom. The minimum atomic E-state index is -0.445. The molecule has 0 radical (unpaired) electrons. The van der Waals surface area contributed by atoms with E-state index in [2.05, 4.69) is 5.32 Å². The summed E-state index contributed by atoms with van der Waals surface area (Å²) in [6.07, 6.45) is 4.77. The summed E-state index contributed by atoms with van der Waals surface area (Å²) in [5, 5.41) is 3.68. The lowest BCUT2D eigenvalue weighted by Crippen LogP contribution is -2.42. The zero-order valence-electron chi connectivity index (χ0n) is 11.2. The van der Waals surface area contributed by atoms with Crippen molar-refractivity contribution in [1.29, 1.82) is 0 Å². The van der Waals surface area contributed by atoms with Gasteiger partial charge in [-0.25, -0.2) is 0 Å². The summed E-state index contributed by atoms with van der Waals surface area (Å²) in [7, 11) is 0. The molecule has 19 heavy (non-hydrogen) atoms. The van der Waals surface area contributed by atoms with Crippen molar-refractivity contribution in [2.45, 2.75) is 51.2 Å². The van der Waals surface area contributed by atoms with E-state index in [9.17, 15) is 4.79 Å². The molecule has 1 aliphatic carbocycles. The maximum atomic E-state index is 12.2. The van der Waals surface area contributed by atoms with Crippen LogP contribution in [0.5, 0.6) is 5.75 Å². The van der Waals surface area contributed by atoms with E-state index in [4.69, 9.17) is 16.3 Å². The first kappa shape index (κ1) is 14.2. The minimum Gasteiger partial charge on any atom is -0.481 e. The van der Waals surface area contributed by atoms with Crippen molar-refractivity contribution in [2.24, 2.45) is 0 Å². The van der Waals surface area contributed by atoms with Crippen molar-refractivity contribution in [3.8, 4) is 5.75 Å². The van der Waals surface area contributed by atoms with Crippen molar-refractivity contribution in [3.63, 3.8) is 0 Å². The van der Waals surface area contributed by atoms with E-state index < -0.39 is 6.10 Å². The molecule has 1 aromatic rings. The lowest BCUT2D eigenvalue weighted by Gasteiger charge is -2.20. The monoisotopic (exact) mass is 281 g/mol. The number of hydrogen-bond acceptors (Lipinski definition) is 2. The second-order valence-corrected chi connectivity index (χ2v) is 5.40. The Kier molecular flexibility index (Phi) is 5.08. The molecule has 1 amide bonds. The van der Waals surface area contributed by atoms with Crippen LogP contribution in [0.25, 0.3) is 0 Å². The molecule has 4 heteroatoms. The molecule has 0 spiro atoms. The third-order valence-corrected chi connectivity index (χ3v) is 3.67. The Bertz CT molecular complexity index is 430. The van der Waals surface area contributed by atoms with Gasteiger partial charge in [0.05, 0.1) is 0 Å². The highest BCUT2D eigenvalue weighted by Gasteiger charge is 2.23. The molecule has 1 aliphatic rings. The smallest absolute Gasteiger partial charge is 0.261 e. The van der Waals surface area contributed by atoms with Gasteiger partial charge in [-0.05, 0) is 37.5 Å². The molecule has 1 atom stereocenters. The Morgan fingerprint density at radius 3 is 2.84 bits per heavy atom. The summed E-state index contributed by atoms with van der Waals surface area (Å²) in [6.45, 7) is 1.95. The van der Waals surface area contributed by atoms with E-state index in [1.807, 2.05) is 19.1 Å². The van der Waals surface area contributed by atoms with Gasteiger partial charge >= 0.3 is 0 Å². The number of amides is 1. The van der Waals surface area contributed by atoms with Gasteiger partial charge in [0.25, 0.3) is 5.91 Å². The second kappa shape index (κ2) is 6.80. The molecule has 0 aliphatic heterocycles. The van der Waals surface area contributed by atoms with Gasteiger partial charge in [-0.2, -0.15) is 0 Å². The lowest BCUT2D eigenvalue weighted by molar-refractivity contribution is -0.128. The first-order chi connectivity index (χ1) is 9.19. The Hall–Kier alpha value is -1.22. The van der Waals surface area contributed by atoms with Crippen molar-refractivity contribution in [3.05, 3.63) is 29.3 Å². The summed E-state index contributed by atoms with van der Waals surface area (Å²) in [5.41, 5.74) is 0. The molecule has 0 saturated heterocycles. The molecule has 0 aromatic heterocycles. The van der Waals surface area contributed by atoms with E-state index in [1.54, 1.807) is 12.1 Å². The van der Waals surface area contributed by atoms with Crippen molar-refractivity contribution < 1.29 is 9.53 Å². The molecular weight excluding hydrogens is 262 g/mol. The molecule has 1 fully saturated rings. The number of hydrogen-bond donors (Lipinski definition) is 1. The number of carbonyl (C=O) groups excluding carboxylic acids is 1. The summed E-state index contributed by atoms with van der Waals surface area (Å²) in [5.74, 6) is 0.621. The van der Waals surface area contributed by atoms with Crippen molar-refractivity contribution in [2.75, 3.05) is 0 Å². The number of nitrogens with one attached hydrogen (secondary N) is 1. The highest BCUT2D eigenvalue weighted by molar-refractivity contribution is 6.30. The summed E-state index contributed by atoms with van der Waals surface area (Å²) in [4.78, 5) is 12.2. The van der Waals surface area contributed by atoms with Crippen LogP contribution < -0.4 is 10.1 Å². The van der Waals surface area contributed by atoms with E-state index in [0.717, 1.165) is 12.8 Å². The highest BCUT2D eigenvalue weighted by atomic mass is 35.5. The van der Waals surface area contributed by atoms with Crippen LogP contribution in [0, 0.1) is 0 Å². The average molecular weight is 282 g/mol. The molecule has 1 saturated carbocycles. The molecule has 1 N–H and O–H groups in total. The van der Waals surface area contributed by atoms with Crippen LogP contribution >= 0.6 is 11.6 Å². The summed E-state index contributed by atoms with van der Waals surface area (Å²) in [6, 6.07) is 7.47. The zero-order valence-corrected chi connectivity index (χ0v) is 12.0. The average Bonchev–Trinajstić information content (AvgIpc) is 2.88. The van der Waals surface area contributed by atoms with E-state index in [-0.39, 0.29) is 5.91 Å². The first-order valence-electron chi connectivity index (χ1n) is 6.91. The molecule has 0 bridgehead atoms. The van der Waals surface area contributed by atoms with Crippen LogP contribution in [0.4, 0.5) is 0 Å². The Labute approximate surface area is 119 Å². The van der Waals surface area contributed by atoms with Crippen LogP contribution in [-0.2, 0) is 4.79 Å². The van der Waals surface area contributed by atoms with Crippen LogP contribution in [0.2, 0.25) is 5.02 Å². The Balaban J connectivity index is 1.93. The van der Waals surface area contributed by atoms with Gasteiger partial charge in [-0.3, -0.25) is 4.79 Å². The lowest BCUT2D eigenvalue weighted by atomic mass is 10.2. The molecule has 0 unspecified atom stereocenters. The highest BCUT2D eigenvalue weighted by Crippen LogP contribution is 2.20. The van der Waals surface area contributed by atoms with Gasteiger partial charge in [0, 0.05) is 11.1 Å². The molecule has 0 heterocycles. The van der Waals surface area contributed by atoms with Gasteiger partial charge in [0.1, 0.15) is 5.75 Å². The predicted octanol–water partition coefficient (Wildman–Crippen LogP) is 3.56. The number of halogens is 1. The van der Waals surface area contributed by atoms with E-state index >= 15 is 0 Å². The molecule has 104 valence electrons. The number of carbonyl (C=O) groups is 1. The van der Waals surface area contributed by atoms with Crippen LogP contribution in [-0.4, -0.2) is 18.1 Å². The zero-order chi connectivity index (χ0) is 13.7. The molecular formula is C15H20ClNO2. The van der Waals surface area contributed by atoms with Gasteiger partial charge in [-0.1, -0.05) is 37.4 Å². The fourth-order valence-electron chi connectivity index (χ4n) is 2.39. The fraction of sp³-hybridized carbons (Fsp3) is 0.533. The maximum absolute atomic E-state index is 12.2. The third kappa shape index (κ3) is 4.13. The normalized spacial score (nSPS) is 17.2. The fourth-order valence-corrected chi connectivity index (χ4v) is 2.57. The number of benzene rings is 1. The van der Waals surface area contributed by atoms with Gasteiger partial charge < -0.3 is 10.1 Å². The van der Waals surface area contributed by atoms with Crippen LogP contribution in [0.1, 0.15) is 39.0 Å². The molecule has 1 aromatic carbocycles. The second-order valence-electron chi connectivity index (χ2n) is 4.96. The third-order valence-electron chi connectivity index (χ3n) is 3.44. The summed E-state index contributed by atoms with van der Waals surface area (Å²) >= 11 is 5.91. The first-order valence-corrected chi connectivity index (χ1v) is 7.29. The predicted molar refractivity (Wildman–Crippen MR) is 76.6 cm³/mol. The van der Waals surface area contributed by atoms with Crippen molar-refractivity contribution in [1.82, 2.24) is 5.32 Å². The summed E-state index contributed by atoms with van der Waals surface area (Å²) < 4.78 is 5.72. The van der Waals surface area contributed by atoms with Gasteiger partial charge in [0.15, 0.2) is 6.10 Å². The van der Waals surface area contributed by atoms with E-state index in [1.165, 1.54) is 12.8 Å². The van der Waals surface area contributed by atoms with Gasteiger partial charge in [-0.15, -0.1) is 0 Å². The largest absolute Gasteiger partial charge is 0.481 e. The maximum Gasteiger partial charge on any atom is 0.261 e. The standard InChI is InChI=1S/C15H20ClNO2/c1-2-14(15(18)17-12-7-3-4-8-12)19-13-9-5-6-11(16)10-13/h5-6,9-10,12,14H,2-4,7-8H2,1H3,(H,17,18)/t14-/m0/s1. The quantitative estimate of drug-likeness (QED) is 0.896. The minimum absolute atomic E-state index is 0.0191. The Morgan fingerprint density at radius 2 is 2.21 bits per heavy atom. The van der Waals surface area contributed by atoms with Crippen LogP contribution in [0.15, 0.2) is 24.3 Å². The molecule has 2 rings (SSSR count). The van der Waals surface area contributed by atoms with Crippen LogP contribution in [0.3, 0.4) is 0 Å². The SMILES string of the molecule is CC[C@H](Oc1cccc(Cl)c1)C(=O)NC1CCCC1. The molecule has 3 nitrogen and oxygen atoms in total.